The zero-order chi connectivity index (χ0) is 15.5. The monoisotopic (exact) mass is 293 g/mol. The Morgan fingerprint density at radius 3 is 2.73 bits per heavy atom. The maximum absolute atomic E-state index is 12.3. The van der Waals surface area contributed by atoms with Crippen LogP contribution in [0.15, 0.2) is 54.7 Å². The molecular weight excluding hydrogens is 274 g/mol. The smallest absolute Gasteiger partial charge is 0.241 e. The Bertz CT molecular complexity index is 807. The van der Waals surface area contributed by atoms with E-state index in [1.54, 1.807) is 0 Å². The van der Waals surface area contributed by atoms with E-state index in [2.05, 4.69) is 10.3 Å². The zero-order valence-electron chi connectivity index (χ0n) is 12.5. The number of para-hydroxylation sites is 2. The normalized spacial score (nSPS) is 12.3. The van der Waals surface area contributed by atoms with Crippen molar-refractivity contribution >= 4 is 22.5 Å². The predicted molar refractivity (Wildman–Crippen MR) is 89.8 cm³/mol. The lowest BCUT2D eigenvalue weighted by Crippen LogP contribution is -2.37. The van der Waals surface area contributed by atoms with E-state index in [4.69, 9.17) is 5.73 Å². The van der Waals surface area contributed by atoms with Crippen molar-refractivity contribution < 1.29 is 4.79 Å². The summed E-state index contributed by atoms with van der Waals surface area (Å²) in [5.41, 5.74) is 10.0. The first-order chi connectivity index (χ1) is 10.6. The van der Waals surface area contributed by atoms with E-state index in [1.165, 1.54) is 0 Å². The molecule has 0 aliphatic carbocycles. The van der Waals surface area contributed by atoms with Crippen LogP contribution >= 0.6 is 0 Å². The van der Waals surface area contributed by atoms with Gasteiger partial charge < -0.3 is 16.0 Å². The molecule has 4 nitrogen and oxygen atoms in total. The van der Waals surface area contributed by atoms with Gasteiger partial charge in [0.1, 0.15) is 0 Å². The number of aromatic nitrogens is 1. The van der Waals surface area contributed by atoms with Crippen LogP contribution in [-0.4, -0.2) is 16.9 Å². The number of rotatable bonds is 4. The third-order valence-corrected chi connectivity index (χ3v) is 3.85. The van der Waals surface area contributed by atoms with E-state index in [9.17, 15) is 4.79 Å². The van der Waals surface area contributed by atoms with Crippen LogP contribution in [0.4, 0.5) is 5.69 Å². The average Bonchev–Trinajstić information content (AvgIpc) is 2.93. The second-order valence-corrected chi connectivity index (χ2v) is 5.47. The Labute approximate surface area is 129 Å². The largest absolute Gasteiger partial charge is 0.361 e. The van der Waals surface area contributed by atoms with Crippen molar-refractivity contribution in [3.8, 4) is 0 Å². The molecule has 0 fully saturated rings. The van der Waals surface area contributed by atoms with Crippen molar-refractivity contribution in [2.75, 3.05) is 5.32 Å². The van der Waals surface area contributed by atoms with E-state index in [0.717, 1.165) is 27.7 Å². The number of amides is 1. The topological polar surface area (TPSA) is 70.9 Å². The Hall–Kier alpha value is -2.59. The molecule has 4 heteroatoms. The Morgan fingerprint density at radius 1 is 1.18 bits per heavy atom. The molecule has 2 aromatic carbocycles. The molecule has 1 aromatic heterocycles. The molecule has 0 unspecified atom stereocenters. The van der Waals surface area contributed by atoms with Gasteiger partial charge in [0, 0.05) is 22.8 Å². The summed E-state index contributed by atoms with van der Waals surface area (Å²) in [6, 6.07) is 15.1. The summed E-state index contributed by atoms with van der Waals surface area (Å²) in [4.78, 5) is 15.5. The summed E-state index contributed by atoms with van der Waals surface area (Å²) in [5, 5.41) is 4.01. The van der Waals surface area contributed by atoms with Crippen molar-refractivity contribution in [1.29, 1.82) is 0 Å². The van der Waals surface area contributed by atoms with Gasteiger partial charge in [-0.2, -0.15) is 0 Å². The minimum absolute atomic E-state index is 0.167. The molecule has 0 saturated carbocycles. The highest BCUT2D eigenvalue weighted by atomic mass is 16.2. The van der Waals surface area contributed by atoms with Gasteiger partial charge in [-0.05, 0) is 36.6 Å². The number of carbonyl (C=O) groups excluding carboxylic acids is 1. The number of nitrogens with one attached hydrogen (secondary N) is 2. The molecule has 0 aliphatic heterocycles. The molecule has 22 heavy (non-hydrogen) atoms. The second kappa shape index (κ2) is 6.03. The summed E-state index contributed by atoms with van der Waals surface area (Å²) in [7, 11) is 0. The SMILES string of the molecule is Cc1ccccc1NC(=O)[C@@H](N)Cc1c[nH]c2ccccc12. The number of anilines is 1. The van der Waals surface area contributed by atoms with Crippen LogP contribution in [0.1, 0.15) is 11.1 Å². The van der Waals surface area contributed by atoms with Crippen LogP contribution in [0.2, 0.25) is 0 Å². The molecule has 0 radical (unpaired) electrons. The fraction of sp³-hybridized carbons (Fsp3) is 0.167. The minimum Gasteiger partial charge on any atom is -0.361 e. The molecule has 3 rings (SSSR count). The molecule has 4 N–H and O–H groups in total. The van der Waals surface area contributed by atoms with Gasteiger partial charge >= 0.3 is 0 Å². The standard InChI is InChI=1S/C18H19N3O/c1-12-6-2-4-8-16(12)21-18(22)15(19)10-13-11-20-17-9-5-3-7-14(13)17/h2-9,11,15,20H,10,19H2,1H3,(H,21,22)/t15-/m0/s1. The van der Waals surface area contributed by atoms with E-state index >= 15 is 0 Å². The van der Waals surface area contributed by atoms with Crippen LogP contribution in [0.25, 0.3) is 10.9 Å². The molecule has 1 amide bonds. The van der Waals surface area contributed by atoms with Crippen LogP contribution < -0.4 is 11.1 Å². The molecular formula is C18H19N3O. The van der Waals surface area contributed by atoms with Gasteiger partial charge in [-0.15, -0.1) is 0 Å². The number of aromatic amines is 1. The lowest BCUT2D eigenvalue weighted by molar-refractivity contribution is -0.117. The number of hydrogen-bond acceptors (Lipinski definition) is 2. The third-order valence-electron chi connectivity index (χ3n) is 3.85. The van der Waals surface area contributed by atoms with Crippen LogP contribution in [0.5, 0.6) is 0 Å². The highest BCUT2D eigenvalue weighted by Crippen LogP contribution is 2.19. The van der Waals surface area contributed by atoms with Gasteiger partial charge in [-0.3, -0.25) is 4.79 Å². The van der Waals surface area contributed by atoms with Crippen molar-refractivity contribution in [1.82, 2.24) is 4.98 Å². The van der Waals surface area contributed by atoms with Gasteiger partial charge in [-0.25, -0.2) is 0 Å². The molecule has 1 heterocycles. The summed E-state index contributed by atoms with van der Waals surface area (Å²) < 4.78 is 0. The van der Waals surface area contributed by atoms with Gasteiger partial charge in [0.15, 0.2) is 0 Å². The highest BCUT2D eigenvalue weighted by molar-refractivity contribution is 5.96. The number of aryl methyl sites for hydroxylation is 1. The van der Waals surface area contributed by atoms with Gasteiger partial charge in [0.05, 0.1) is 6.04 Å². The van der Waals surface area contributed by atoms with Gasteiger partial charge in [-0.1, -0.05) is 36.4 Å². The Morgan fingerprint density at radius 2 is 1.91 bits per heavy atom. The number of nitrogens with two attached hydrogens (primary N) is 1. The van der Waals surface area contributed by atoms with E-state index < -0.39 is 6.04 Å². The first kappa shape index (κ1) is 14.4. The van der Waals surface area contributed by atoms with Crippen molar-refractivity contribution in [3.05, 3.63) is 65.9 Å². The number of benzene rings is 2. The lowest BCUT2D eigenvalue weighted by Gasteiger charge is -2.13. The molecule has 112 valence electrons. The summed E-state index contributed by atoms with van der Waals surface area (Å²) in [5.74, 6) is -0.167. The fourth-order valence-corrected chi connectivity index (χ4v) is 2.57. The van der Waals surface area contributed by atoms with Crippen LogP contribution in [-0.2, 0) is 11.2 Å². The first-order valence-corrected chi connectivity index (χ1v) is 7.32. The maximum Gasteiger partial charge on any atom is 0.241 e. The second-order valence-electron chi connectivity index (χ2n) is 5.47. The fourth-order valence-electron chi connectivity index (χ4n) is 2.57. The predicted octanol–water partition coefficient (Wildman–Crippen LogP) is 2.98. The maximum atomic E-state index is 12.3. The van der Waals surface area contributed by atoms with E-state index in [1.807, 2.05) is 61.7 Å². The molecule has 0 aliphatic rings. The average molecular weight is 293 g/mol. The summed E-state index contributed by atoms with van der Waals surface area (Å²) >= 11 is 0. The molecule has 3 aromatic rings. The third kappa shape index (κ3) is 2.87. The number of fused-ring (bicyclic) bond motifs is 1. The molecule has 1 atom stereocenters. The minimum atomic E-state index is -0.584. The zero-order valence-corrected chi connectivity index (χ0v) is 12.5. The van der Waals surface area contributed by atoms with Crippen molar-refractivity contribution in [2.24, 2.45) is 5.73 Å². The summed E-state index contributed by atoms with van der Waals surface area (Å²) in [6.07, 6.45) is 2.42. The Kier molecular flexibility index (Phi) is 3.94. The Balaban J connectivity index is 1.73. The van der Waals surface area contributed by atoms with Gasteiger partial charge in [0.2, 0.25) is 5.91 Å². The quantitative estimate of drug-likeness (QED) is 0.692. The van der Waals surface area contributed by atoms with Crippen molar-refractivity contribution in [2.45, 2.75) is 19.4 Å². The molecule has 0 saturated heterocycles. The lowest BCUT2D eigenvalue weighted by atomic mass is 10.0. The van der Waals surface area contributed by atoms with E-state index in [-0.39, 0.29) is 5.91 Å². The first-order valence-electron chi connectivity index (χ1n) is 7.32. The van der Waals surface area contributed by atoms with Crippen molar-refractivity contribution in [3.63, 3.8) is 0 Å². The highest BCUT2D eigenvalue weighted by Gasteiger charge is 2.16. The van der Waals surface area contributed by atoms with Crippen LogP contribution in [0, 0.1) is 6.92 Å². The number of H-pyrrole nitrogens is 1. The van der Waals surface area contributed by atoms with E-state index in [0.29, 0.717) is 6.42 Å². The van der Waals surface area contributed by atoms with Crippen LogP contribution in [0.3, 0.4) is 0 Å². The summed E-state index contributed by atoms with van der Waals surface area (Å²) in [6.45, 7) is 1.96. The molecule has 0 spiro atoms. The van der Waals surface area contributed by atoms with Gasteiger partial charge in [0.25, 0.3) is 0 Å². The number of hydrogen-bond donors (Lipinski definition) is 3. The molecule has 0 bridgehead atoms. The number of carbonyl (C=O) groups is 1.